The molecule has 2 aliphatic carbocycles. The number of fused-ring (bicyclic) bond motifs is 4. The number of carbonyl (C=O) groups excluding carboxylic acids is 2. The van der Waals surface area contributed by atoms with E-state index in [1.165, 1.54) is 18.3 Å². The Hall–Kier alpha value is -5.20. The van der Waals surface area contributed by atoms with Crippen LogP contribution in [-0.4, -0.2) is 62.6 Å². The van der Waals surface area contributed by atoms with Crippen LogP contribution in [0.4, 0.5) is 0 Å². The predicted octanol–water partition coefficient (Wildman–Crippen LogP) is 6.39. The van der Waals surface area contributed by atoms with Crippen LogP contribution in [0.25, 0.3) is 33.3 Å². The minimum Gasteiger partial charge on any atom is -0.469 e. The highest BCUT2D eigenvalue weighted by Gasteiger charge is 2.34. The number of nitrogens with zero attached hydrogens (tertiary/aromatic N) is 3. The second-order valence-electron chi connectivity index (χ2n) is 15.2. The summed E-state index contributed by atoms with van der Waals surface area (Å²) >= 11 is 0. The number of esters is 1. The number of aromatic amines is 2. The molecule has 8 rings (SSSR count). The van der Waals surface area contributed by atoms with Gasteiger partial charge in [0.15, 0.2) is 0 Å². The lowest BCUT2D eigenvalue weighted by Crippen LogP contribution is -2.44. The van der Waals surface area contributed by atoms with E-state index >= 15 is 0 Å². The second kappa shape index (κ2) is 15.3. The molecular formula is C42H50N8O4. The van der Waals surface area contributed by atoms with E-state index in [1.807, 2.05) is 38.4 Å². The van der Waals surface area contributed by atoms with Gasteiger partial charge in [0.05, 0.1) is 60.1 Å². The summed E-state index contributed by atoms with van der Waals surface area (Å²) in [6.07, 6.45) is 18.7. The van der Waals surface area contributed by atoms with Gasteiger partial charge in [0.2, 0.25) is 12.1 Å². The summed E-state index contributed by atoms with van der Waals surface area (Å²) in [5, 5.41) is 7.58. The lowest BCUT2D eigenvalue weighted by atomic mass is 9.91. The van der Waals surface area contributed by atoms with Crippen molar-refractivity contribution in [3.63, 3.8) is 0 Å². The van der Waals surface area contributed by atoms with Crippen LogP contribution in [0.1, 0.15) is 94.1 Å². The number of allylic oxidation sites excluding steroid dienone is 4. The van der Waals surface area contributed by atoms with Crippen molar-refractivity contribution in [2.75, 3.05) is 20.2 Å². The van der Waals surface area contributed by atoms with Crippen LogP contribution in [0, 0.1) is 11.8 Å². The summed E-state index contributed by atoms with van der Waals surface area (Å²) in [6, 6.07) is 8.54. The number of unbranched alkanes of at least 4 members (excludes halogenated alkanes) is 1. The van der Waals surface area contributed by atoms with Crippen LogP contribution >= 0.6 is 0 Å². The van der Waals surface area contributed by atoms with E-state index < -0.39 is 12.3 Å². The number of benzene rings is 1. The lowest BCUT2D eigenvalue weighted by Gasteiger charge is -2.34. The Labute approximate surface area is 315 Å². The molecule has 12 nitrogen and oxygen atoms in total. The lowest BCUT2D eigenvalue weighted by molar-refractivity contribution is -0.143. The van der Waals surface area contributed by atoms with Gasteiger partial charge in [-0.25, -0.2) is 9.97 Å². The number of ether oxygens (including phenoxy) is 2. The summed E-state index contributed by atoms with van der Waals surface area (Å²) < 4.78 is 14.4. The molecule has 1 fully saturated rings. The molecule has 3 aromatic heterocycles. The van der Waals surface area contributed by atoms with E-state index in [-0.39, 0.29) is 29.8 Å². The van der Waals surface area contributed by atoms with Gasteiger partial charge >= 0.3 is 5.97 Å². The Morgan fingerprint density at radius 3 is 2.80 bits per heavy atom. The monoisotopic (exact) mass is 730 g/mol. The molecule has 1 amide bonds. The standard InChI is InChI=1S/C42H50N8O4/c1-24(2)38(43)40(51)45-16-5-4-11-37-46-22-32(48-37)25-13-15-34-29(18-25)20-35-30-14-12-26(33-23-47-39(49-33)31-10-7-17-44-31)21-36(30)54-41(50(34)35)27-8-6-9-28(19-27)42(52)53-3/h6,8,13,15,18-24,28,31,38,41,44H,4-5,7,9-12,14,16-17,43H2,1-3H3,(H,45,51)(H,46,48)(H,47,49). The number of amides is 1. The van der Waals surface area contributed by atoms with Crippen molar-refractivity contribution in [3.05, 3.63) is 95.3 Å². The molecule has 0 bridgehead atoms. The summed E-state index contributed by atoms with van der Waals surface area (Å²) in [5.74, 6) is 2.15. The van der Waals surface area contributed by atoms with Crippen LogP contribution in [-0.2, 0) is 25.5 Å². The normalized spacial score (nSPS) is 21.4. The number of hydrogen-bond donors (Lipinski definition) is 5. The number of imidazole rings is 2. The Balaban J connectivity index is 1.07. The zero-order valence-corrected chi connectivity index (χ0v) is 31.3. The Bertz CT molecular complexity index is 2180. The number of aromatic nitrogens is 5. The molecule has 4 aliphatic rings. The Morgan fingerprint density at radius 1 is 1.11 bits per heavy atom. The highest BCUT2D eigenvalue weighted by atomic mass is 16.5. The number of nitrogens with one attached hydrogen (secondary N) is 4. The summed E-state index contributed by atoms with van der Waals surface area (Å²) in [4.78, 5) is 41.3. The molecule has 12 heteroatoms. The minimum atomic E-state index is -0.480. The Kier molecular flexibility index (Phi) is 10.1. The maximum atomic E-state index is 12.6. The Morgan fingerprint density at radius 2 is 1.98 bits per heavy atom. The maximum Gasteiger partial charge on any atom is 0.312 e. The molecule has 6 N–H and O–H groups in total. The van der Waals surface area contributed by atoms with Crippen LogP contribution < -0.4 is 16.4 Å². The maximum absolute atomic E-state index is 12.6. The smallest absolute Gasteiger partial charge is 0.312 e. The third kappa shape index (κ3) is 7.07. The first-order valence-electron chi connectivity index (χ1n) is 19.4. The molecule has 1 saturated heterocycles. The zero-order valence-electron chi connectivity index (χ0n) is 31.3. The third-order valence-electron chi connectivity index (χ3n) is 11.2. The van der Waals surface area contributed by atoms with Gasteiger partial charge in [-0.3, -0.25) is 9.59 Å². The SMILES string of the molecule is COC(=O)C1C=C(C2OC3=C(CCC(c4cnc(C5CCCN5)[nH]4)=C3)c3cc4cc(-c5cnc(CCCCNC(=O)C(N)C(C)C)[nH]5)ccc4n32)C=CC1. The van der Waals surface area contributed by atoms with E-state index in [9.17, 15) is 9.59 Å². The van der Waals surface area contributed by atoms with E-state index in [4.69, 9.17) is 20.2 Å². The second-order valence-corrected chi connectivity index (χ2v) is 15.2. The van der Waals surface area contributed by atoms with Gasteiger partial charge in [0.1, 0.15) is 17.4 Å². The molecule has 4 atom stereocenters. The third-order valence-corrected chi connectivity index (χ3v) is 11.2. The number of H-pyrrole nitrogens is 2. The minimum absolute atomic E-state index is 0.0968. The van der Waals surface area contributed by atoms with Gasteiger partial charge in [-0.15, -0.1) is 0 Å². The molecule has 54 heavy (non-hydrogen) atoms. The molecule has 282 valence electrons. The van der Waals surface area contributed by atoms with Crippen molar-refractivity contribution in [2.45, 2.75) is 83.5 Å². The highest BCUT2D eigenvalue weighted by molar-refractivity contribution is 5.92. The van der Waals surface area contributed by atoms with Gasteiger partial charge in [-0.2, -0.15) is 0 Å². The number of hydrogen-bond acceptors (Lipinski definition) is 8. The molecule has 5 heterocycles. The number of aryl methyl sites for hydroxylation is 1. The number of carbonyl (C=O) groups is 2. The average Bonchev–Trinajstić information content (AvgIpc) is 4.03. The van der Waals surface area contributed by atoms with E-state index in [0.717, 1.165) is 108 Å². The topological polar surface area (TPSA) is 165 Å². The predicted molar refractivity (Wildman–Crippen MR) is 208 cm³/mol. The molecule has 0 spiro atoms. The molecule has 0 radical (unpaired) electrons. The van der Waals surface area contributed by atoms with Crippen molar-refractivity contribution in [1.29, 1.82) is 0 Å². The molecular weight excluding hydrogens is 681 g/mol. The fraction of sp³-hybridized carbons (Fsp3) is 0.429. The fourth-order valence-electron chi connectivity index (χ4n) is 8.02. The molecule has 2 aliphatic heterocycles. The van der Waals surface area contributed by atoms with Crippen LogP contribution in [0.2, 0.25) is 0 Å². The molecule has 0 saturated carbocycles. The largest absolute Gasteiger partial charge is 0.469 e. The van der Waals surface area contributed by atoms with Gasteiger partial charge in [0.25, 0.3) is 0 Å². The number of rotatable bonds is 12. The first kappa shape index (κ1) is 35.8. The van der Waals surface area contributed by atoms with Gasteiger partial charge in [0, 0.05) is 35.1 Å². The van der Waals surface area contributed by atoms with Gasteiger partial charge < -0.3 is 40.4 Å². The van der Waals surface area contributed by atoms with Crippen molar-refractivity contribution in [1.82, 2.24) is 35.1 Å². The van der Waals surface area contributed by atoms with Crippen LogP contribution in [0.5, 0.6) is 0 Å². The van der Waals surface area contributed by atoms with E-state index in [0.29, 0.717) is 13.0 Å². The number of nitrogens with two attached hydrogens (primary N) is 1. The summed E-state index contributed by atoms with van der Waals surface area (Å²) in [5.41, 5.74) is 14.4. The quantitative estimate of drug-likeness (QED) is 0.0826. The highest BCUT2D eigenvalue weighted by Crippen LogP contribution is 2.47. The van der Waals surface area contributed by atoms with Crippen LogP contribution in [0.3, 0.4) is 0 Å². The first-order valence-corrected chi connectivity index (χ1v) is 19.4. The van der Waals surface area contributed by atoms with Gasteiger partial charge in [-0.05, 0) is 87.3 Å². The first-order chi connectivity index (χ1) is 26.3. The van der Waals surface area contributed by atoms with Gasteiger partial charge in [-0.1, -0.05) is 38.1 Å². The van der Waals surface area contributed by atoms with E-state index in [2.05, 4.69) is 66.6 Å². The average molecular weight is 731 g/mol. The summed E-state index contributed by atoms with van der Waals surface area (Å²) in [7, 11) is 1.44. The van der Waals surface area contributed by atoms with Crippen molar-refractivity contribution < 1.29 is 19.1 Å². The molecule has 4 aromatic rings. The van der Waals surface area contributed by atoms with Crippen molar-refractivity contribution in [2.24, 2.45) is 17.6 Å². The zero-order chi connectivity index (χ0) is 37.3. The summed E-state index contributed by atoms with van der Waals surface area (Å²) in [6.45, 7) is 5.52. The van der Waals surface area contributed by atoms with E-state index in [1.54, 1.807) is 0 Å². The van der Waals surface area contributed by atoms with Crippen LogP contribution in [0.15, 0.2) is 72.3 Å². The number of methoxy groups -OCH3 is 1. The molecule has 1 aromatic carbocycles. The van der Waals surface area contributed by atoms with Crippen molar-refractivity contribution in [3.8, 4) is 11.3 Å². The fourth-order valence-corrected chi connectivity index (χ4v) is 8.02. The van der Waals surface area contributed by atoms with Crippen molar-refractivity contribution >= 4 is 33.9 Å². The molecule has 4 unspecified atom stereocenters.